The predicted octanol–water partition coefficient (Wildman–Crippen LogP) is 3.10. The standard InChI is InChI=1S/C15H32N2O/c1-12(2)10-8-6-7-9-11-16-14(5)15(18)17-13(3)4/h12-14,16H,6-11H2,1-5H3,(H,17,18). The van der Waals surface area contributed by atoms with Crippen molar-refractivity contribution in [2.45, 2.75) is 78.8 Å². The van der Waals surface area contributed by atoms with E-state index in [1.54, 1.807) is 0 Å². The molecule has 3 heteroatoms. The minimum atomic E-state index is -0.0805. The van der Waals surface area contributed by atoms with Gasteiger partial charge in [0.05, 0.1) is 6.04 Å². The second kappa shape index (κ2) is 10.4. The van der Waals surface area contributed by atoms with Crippen LogP contribution >= 0.6 is 0 Å². The average Bonchev–Trinajstić information content (AvgIpc) is 2.26. The van der Waals surface area contributed by atoms with E-state index in [0.717, 1.165) is 18.9 Å². The zero-order valence-corrected chi connectivity index (χ0v) is 12.9. The molecule has 0 fully saturated rings. The summed E-state index contributed by atoms with van der Waals surface area (Å²) in [7, 11) is 0. The van der Waals surface area contributed by atoms with Gasteiger partial charge in [0, 0.05) is 6.04 Å². The van der Waals surface area contributed by atoms with Crippen molar-refractivity contribution in [1.82, 2.24) is 10.6 Å². The molecule has 3 nitrogen and oxygen atoms in total. The summed E-state index contributed by atoms with van der Waals surface area (Å²) < 4.78 is 0. The maximum atomic E-state index is 11.6. The Bertz CT molecular complexity index is 215. The molecule has 0 rings (SSSR count). The molecule has 0 saturated carbocycles. The third kappa shape index (κ3) is 10.6. The SMILES string of the molecule is CC(C)CCCCCCNC(C)C(=O)NC(C)C. The normalized spacial score (nSPS) is 13.1. The van der Waals surface area contributed by atoms with E-state index in [-0.39, 0.29) is 18.0 Å². The van der Waals surface area contributed by atoms with Gasteiger partial charge >= 0.3 is 0 Å². The Morgan fingerprint density at radius 1 is 0.944 bits per heavy atom. The van der Waals surface area contributed by atoms with Crippen LogP contribution in [0, 0.1) is 5.92 Å². The Morgan fingerprint density at radius 2 is 1.56 bits per heavy atom. The lowest BCUT2D eigenvalue weighted by atomic mass is 10.0. The summed E-state index contributed by atoms with van der Waals surface area (Å²) in [5, 5.41) is 6.19. The van der Waals surface area contributed by atoms with Crippen LogP contribution in [0.4, 0.5) is 0 Å². The molecule has 18 heavy (non-hydrogen) atoms. The Kier molecular flexibility index (Phi) is 10.0. The predicted molar refractivity (Wildman–Crippen MR) is 78.7 cm³/mol. The summed E-state index contributed by atoms with van der Waals surface area (Å²) >= 11 is 0. The molecule has 0 aliphatic carbocycles. The zero-order valence-electron chi connectivity index (χ0n) is 12.9. The van der Waals surface area contributed by atoms with Crippen molar-refractivity contribution >= 4 is 5.91 Å². The van der Waals surface area contributed by atoms with Crippen LogP contribution in [0.25, 0.3) is 0 Å². The van der Waals surface area contributed by atoms with Crippen molar-refractivity contribution in [2.75, 3.05) is 6.54 Å². The van der Waals surface area contributed by atoms with E-state index in [4.69, 9.17) is 0 Å². The lowest BCUT2D eigenvalue weighted by Gasteiger charge is -2.15. The molecule has 0 aromatic heterocycles. The molecule has 0 bridgehead atoms. The number of unbranched alkanes of at least 4 members (excludes halogenated alkanes) is 3. The van der Waals surface area contributed by atoms with Crippen molar-refractivity contribution in [3.8, 4) is 0 Å². The molecule has 0 radical (unpaired) electrons. The highest BCUT2D eigenvalue weighted by molar-refractivity contribution is 5.81. The molecular weight excluding hydrogens is 224 g/mol. The Morgan fingerprint density at radius 3 is 2.11 bits per heavy atom. The van der Waals surface area contributed by atoms with Crippen LogP contribution in [0.1, 0.15) is 66.7 Å². The number of carbonyl (C=O) groups excluding carboxylic acids is 1. The van der Waals surface area contributed by atoms with Crippen molar-refractivity contribution in [3.05, 3.63) is 0 Å². The fourth-order valence-corrected chi connectivity index (χ4v) is 1.85. The van der Waals surface area contributed by atoms with E-state index in [1.165, 1.54) is 25.7 Å². The van der Waals surface area contributed by atoms with Crippen LogP contribution in [-0.2, 0) is 4.79 Å². The van der Waals surface area contributed by atoms with Gasteiger partial charge < -0.3 is 10.6 Å². The maximum Gasteiger partial charge on any atom is 0.237 e. The van der Waals surface area contributed by atoms with Gasteiger partial charge in [-0.25, -0.2) is 0 Å². The maximum absolute atomic E-state index is 11.6. The van der Waals surface area contributed by atoms with Crippen LogP contribution in [0.5, 0.6) is 0 Å². The van der Waals surface area contributed by atoms with Gasteiger partial charge in [0.2, 0.25) is 5.91 Å². The second-order valence-electron chi connectivity index (χ2n) is 5.94. The first kappa shape index (κ1) is 17.4. The van der Waals surface area contributed by atoms with E-state index in [1.807, 2.05) is 20.8 Å². The molecule has 0 aliphatic rings. The molecule has 0 spiro atoms. The van der Waals surface area contributed by atoms with Crippen molar-refractivity contribution in [3.63, 3.8) is 0 Å². The van der Waals surface area contributed by atoms with Crippen LogP contribution in [0.2, 0.25) is 0 Å². The van der Waals surface area contributed by atoms with E-state index < -0.39 is 0 Å². The van der Waals surface area contributed by atoms with E-state index >= 15 is 0 Å². The Hall–Kier alpha value is -0.570. The van der Waals surface area contributed by atoms with Gasteiger partial charge in [0.15, 0.2) is 0 Å². The van der Waals surface area contributed by atoms with Crippen LogP contribution < -0.4 is 10.6 Å². The summed E-state index contributed by atoms with van der Waals surface area (Å²) in [6.07, 6.45) is 6.41. The highest BCUT2D eigenvalue weighted by Crippen LogP contribution is 2.08. The van der Waals surface area contributed by atoms with Gasteiger partial charge in [-0.1, -0.05) is 39.5 Å². The quantitative estimate of drug-likeness (QED) is 0.590. The van der Waals surface area contributed by atoms with Gasteiger partial charge in [-0.2, -0.15) is 0 Å². The molecule has 0 aliphatic heterocycles. The molecule has 108 valence electrons. The molecule has 1 amide bonds. The van der Waals surface area contributed by atoms with Crippen molar-refractivity contribution < 1.29 is 4.79 Å². The fourth-order valence-electron chi connectivity index (χ4n) is 1.85. The largest absolute Gasteiger partial charge is 0.353 e. The number of rotatable bonds is 10. The first-order chi connectivity index (χ1) is 8.43. The fraction of sp³-hybridized carbons (Fsp3) is 0.933. The monoisotopic (exact) mass is 256 g/mol. The number of hydrogen-bond donors (Lipinski definition) is 2. The Balaban J connectivity index is 3.40. The highest BCUT2D eigenvalue weighted by atomic mass is 16.2. The first-order valence-electron chi connectivity index (χ1n) is 7.47. The highest BCUT2D eigenvalue weighted by Gasteiger charge is 2.11. The molecule has 1 unspecified atom stereocenters. The van der Waals surface area contributed by atoms with Crippen molar-refractivity contribution in [1.29, 1.82) is 0 Å². The number of amides is 1. The minimum Gasteiger partial charge on any atom is -0.353 e. The van der Waals surface area contributed by atoms with Crippen LogP contribution in [0.15, 0.2) is 0 Å². The lowest BCUT2D eigenvalue weighted by molar-refractivity contribution is -0.123. The molecule has 0 aromatic rings. The van der Waals surface area contributed by atoms with Gasteiger partial charge in [-0.15, -0.1) is 0 Å². The summed E-state index contributed by atoms with van der Waals surface area (Å²) in [6, 6.07) is 0.140. The molecular formula is C15H32N2O. The van der Waals surface area contributed by atoms with Crippen LogP contribution in [-0.4, -0.2) is 24.5 Å². The van der Waals surface area contributed by atoms with E-state index in [9.17, 15) is 4.79 Å². The van der Waals surface area contributed by atoms with Crippen molar-refractivity contribution in [2.24, 2.45) is 5.92 Å². The summed E-state index contributed by atoms with van der Waals surface area (Å²) in [5.41, 5.74) is 0. The molecule has 0 aromatic carbocycles. The topological polar surface area (TPSA) is 41.1 Å². The zero-order chi connectivity index (χ0) is 14.0. The first-order valence-corrected chi connectivity index (χ1v) is 7.47. The van der Waals surface area contributed by atoms with Gasteiger partial charge in [-0.05, 0) is 39.7 Å². The third-order valence-electron chi connectivity index (χ3n) is 2.98. The number of hydrogen-bond acceptors (Lipinski definition) is 2. The third-order valence-corrected chi connectivity index (χ3v) is 2.98. The number of carbonyl (C=O) groups is 1. The lowest BCUT2D eigenvalue weighted by Crippen LogP contribution is -2.44. The average molecular weight is 256 g/mol. The van der Waals surface area contributed by atoms with E-state index in [0.29, 0.717) is 0 Å². The molecule has 2 N–H and O–H groups in total. The molecule has 1 atom stereocenters. The molecule has 0 heterocycles. The summed E-state index contributed by atoms with van der Waals surface area (Å²) in [5.74, 6) is 0.924. The second-order valence-corrected chi connectivity index (χ2v) is 5.94. The van der Waals surface area contributed by atoms with Crippen LogP contribution in [0.3, 0.4) is 0 Å². The van der Waals surface area contributed by atoms with E-state index in [2.05, 4.69) is 24.5 Å². The Labute approximate surface area is 113 Å². The smallest absolute Gasteiger partial charge is 0.237 e. The molecule has 0 saturated heterocycles. The van der Waals surface area contributed by atoms with Gasteiger partial charge in [0.1, 0.15) is 0 Å². The van der Waals surface area contributed by atoms with Gasteiger partial charge in [-0.3, -0.25) is 4.79 Å². The summed E-state index contributed by atoms with van der Waals surface area (Å²) in [4.78, 5) is 11.6. The summed E-state index contributed by atoms with van der Waals surface area (Å²) in [6.45, 7) is 11.4. The minimum absolute atomic E-state index is 0.0805. The number of nitrogens with one attached hydrogen (secondary N) is 2. The van der Waals surface area contributed by atoms with Gasteiger partial charge in [0.25, 0.3) is 0 Å².